The normalized spacial score (nSPS) is 11.2. The molecule has 5 rings (SSSR count). The van der Waals surface area contributed by atoms with Crippen molar-refractivity contribution in [3.05, 3.63) is 89.3 Å². The van der Waals surface area contributed by atoms with Crippen molar-refractivity contribution in [3.8, 4) is 11.3 Å². The van der Waals surface area contributed by atoms with Gasteiger partial charge in [0.15, 0.2) is 5.58 Å². The van der Waals surface area contributed by atoms with Crippen LogP contribution in [-0.4, -0.2) is 9.55 Å². The molecule has 0 bridgehead atoms. The fraction of sp³-hybridized carbons (Fsp3) is 0.0435. The molecule has 5 nitrogen and oxygen atoms in total. The monoisotopic (exact) mass is 367 g/mol. The first-order chi connectivity index (χ1) is 13.7. The van der Waals surface area contributed by atoms with Crippen molar-refractivity contribution in [2.75, 3.05) is 5.32 Å². The number of benzene rings is 2. The molecular weight excluding hydrogens is 350 g/mol. The van der Waals surface area contributed by atoms with Gasteiger partial charge in [-0.15, -0.1) is 0 Å². The van der Waals surface area contributed by atoms with Gasteiger partial charge in [-0.3, -0.25) is 9.78 Å². The van der Waals surface area contributed by atoms with E-state index in [1.807, 2.05) is 72.8 Å². The van der Waals surface area contributed by atoms with Crippen LogP contribution in [0.4, 0.5) is 11.6 Å². The van der Waals surface area contributed by atoms with Gasteiger partial charge in [0.25, 0.3) is 5.56 Å². The highest BCUT2D eigenvalue weighted by molar-refractivity contribution is 6.10. The molecule has 3 heterocycles. The summed E-state index contributed by atoms with van der Waals surface area (Å²) in [6.45, 7) is 0. The number of aryl methyl sites for hydroxylation is 1. The van der Waals surface area contributed by atoms with Crippen molar-refractivity contribution >= 4 is 33.4 Å². The van der Waals surface area contributed by atoms with Gasteiger partial charge in [-0.25, -0.2) is 0 Å². The highest BCUT2D eigenvalue weighted by Gasteiger charge is 2.23. The van der Waals surface area contributed by atoms with Crippen molar-refractivity contribution in [1.82, 2.24) is 9.55 Å². The molecule has 0 saturated heterocycles. The minimum atomic E-state index is -0.112. The molecule has 2 aromatic carbocycles. The van der Waals surface area contributed by atoms with Gasteiger partial charge >= 0.3 is 0 Å². The third-order valence-electron chi connectivity index (χ3n) is 4.89. The summed E-state index contributed by atoms with van der Waals surface area (Å²) in [5.74, 6) is 0.508. The average Bonchev–Trinajstić information content (AvgIpc) is 3.13. The zero-order valence-electron chi connectivity index (χ0n) is 15.2. The van der Waals surface area contributed by atoms with E-state index in [0.29, 0.717) is 28.1 Å². The van der Waals surface area contributed by atoms with Crippen LogP contribution in [0, 0.1) is 0 Å². The molecule has 3 aromatic heterocycles. The van der Waals surface area contributed by atoms with E-state index in [9.17, 15) is 4.79 Å². The van der Waals surface area contributed by atoms with Gasteiger partial charge in [0, 0.05) is 24.3 Å². The first-order valence-corrected chi connectivity index (χ1v) is 9.02. The van der Waals surface area contributed by atoms with E-state index in [1.54, 1.807) is 17.8 Å². The summed E-state index contributed by atoms with van der Waals surface area (Å²) in [5, 5.41) is 4.73. The largest absolute Gasteiger partial charge is 0.439 e. The average molecular weight is 367 g/mol. The molecule has 0 spiro atoms. The predicted molar refractivity (Wildman–Crippen MR) is 112 cm³/mol. The van der Waals surface area contributed by atoms with Gasteiger partial charge in [-0.05, 0) is 36.4 Å². The van der Waals surface area contributed by atoms with E-state index in [4.69, 9.17) is 4.42 Å². The Morgan fingerprint density at radius 3 is 2.46 bits per heavy atom. The van der Waals surface area contributed by atoms with Crippen LogP contribution >= 0.6 is 0 Å². The number of para-hydroxylation sites is 2. The molecular formula is C23H17N3O2. The molecule has 0 atom stereocenters. The van der Waals surface area contributed by atoms with E-state index in [2.05, 4.69) is 10.3 Å². The van der Waals surface area contributed by atoms with Gasteiger partial charge in [-0.2, -0.15) is 0 Å². The van der Waals surface area contributed by atoms with Crippen LogP contribution in [0.2, 0.25) is 0 Å². The maximum Gasteiger partial charge on any atom is 0.262 e. The molecule has 0 amide bonds. The fourth-order valence-electron chi connectivity index (χ4n) is 3.56. The highest BCUT2D eigenvalue weighted by atomic mass is 16.4. The summed E-state index contributed by atoms with van der Waals surface area (Å²) < 4.78 is 7.90. The number of nitrogens with one attached hydrogen (secondary N) is 1. The molecule has 0 aliphatic heterocycles. The fourth-order valence-corrected chi connectivity index (χ4v) is 3.56. The Bertz CT molecular complexity index is 1350. The van der Waals surface area contributed by atoms with E-state index in [1.165, 1.54) is 0 Å². The molecule has 136 valence electrons. The first-order valence-electron chi connectivity index (χ1n) is 9.02. The topological polar surface area (TPSA) is 60.1 Å². The molecule has 0 saturated carbocycles. The number of hydrogen-bond donors (Lipinski definition) is 1. The summed E-state index contributed by atoms with van der Waals surface area (Å²) >= 11 is 0. The smallest absolute Gasteiger partial charge is 0.262 e. The summed E-state index contributed by atoms with van der Waals surface area (Å²) in [6.07, 6.45) is 1.71. The summed E-state index contributed by atoms with van der Waals surface area (Å²) in [7, 11) is 1.78. The lowest BCUT2D eigenvalue weighted by Crippen LogP contribution is -2.17. The third kappa shape index (κ3) is 2.48. The number of fused-ring (bicyclic) bond motifs is 3. The number of hydrogen-bond acceptors (Lipinski definition) is 4. The van der Waals surface area contributed by atoms with Crippen LogP contribution in [-0.2, 0) is 7.05 Å². The van der Waals surface area contributed by atoms with Gasteiger partial charge in [0.2, 0.25) is 5.88 Å². The Morgan fingerprint density at radius 1 is 0.929 bits per heavy atom. The zero-order valence-corrected chi connectivity index (χ0v) is 15.2. The van der Waals surface area contributed by atoms with E-state index < -0.39 is 0 Å². The lowest BCUT2D eigenvalue weighted by Gasteiger charge is -2.06. The van der Waals surface area contributed by atoms with Crippen LogP contribution in [0.15, 0.2) is 88.2 Å². The van der Waals surface area contributed by atoms with Crippen molar-refractivity contribution < 1.29 is 4.42 Å². The van der Waals surface area contributed by atoms with E-state index in [-0.39, 0.29) is 5.56 Å². The van der Waals surface area contributed by atoms with Gasteiger partial charge in [0.1, 0.15) is 0 Å². The lowest BCUT2D eigenvalue weighted by molar-refractivity contribution is 0.637. The van der Waals surface area contributed by atoms with Crippen molar-refractivity contribution in [1.29, 1.82) is 0 Å². The first kappa shape index (κ1) is 16.3. The summed E-state index contributed by atoms with van der Waals surface area (Å²) in [4.78, 5) is 17.7. The summed E-state index contributed by atoms with van der Waals surface area (Å²) in [6, 6.07) is 23.1. The Kier molecular flexibility index (Phi) is 3.72. The minimum absolute atomic E-state index is 0.112. The zero-order chi connectivity index (χ0) is 19.1. The Morgan fingerprint density at radius 2 is 1.68 bits per heavy atom. The van der Waals surface area contributed by atoms with Crippen molar-refractivity contribution in [2.45, 2.75) is 0 Å². The van der Waals surface area contributed by atoms with Gasteiger partial charge in [0.05, 0.1) is 22.2 Å². The van der Waals surface area contributed by atoms with Crippen LogP contribution in [0.25, 0.3) is 33.1 Å². The minimum Gasteiger partial charge on any atom is -0.439 e. The molecule has 0 aliphatic carbocycles. The number of pyridine rings is 2. The molecule has 28 heavy (non-hydrogen) atoms. The Hall–Kier alpha value is -3.86. The molecule has 0 unspecified atom stereocenters. The molecule has 1 N–H and O–H groups in total. The van der Waals surface area contributed by atoms with Crippen LogP contribution in [0.1, 0.15) is 0 Å². The van der Waals surface area contributed by atoms with Crippen LogP contribution in [0.5, 0.6) is 0 Å². The second-order valence-electron chi connectivity index (χ2n) is 6.60. The van der Waals surface area contributed by atoms with Crippen molar-refractivity contribution in [2.24, 2.45) is 7.05 Å². The molecule has 5 heteroatoms. The number of furan rings is 1. The van der Waals surface area contributed by atoms with Crippen LogP contribution < -0.4 is 10.9 Å². The van der Waals surface area contributed by atoms with Gasteiger partial charge in [-0.1, -0.05) is 36.4 Å². The van der Waals surface area contributed by atoms with Crippen molar-refractivity contribution in [3.63, 3.8) is 0 Å². The lowest BCUT2D eigenvalue weighted by atomic mass is 10.1. The standard InChI is InChI=1S/C23H17N3O2/c1-26-18-13-6-5-11-16(18)21-20(23(26)27)19(17-12-7-8-14-24-17)22(28-21)25-15-9-3-2-4-10-15/h2-14,25H,1H3. The maximum absolute atomic E-state index is 13.2. The van der Waals surface area contributed by atoms with Gasteiger partial charge < -0.3 is 14.3 Å². The maximum atomic E-state index is 13.2. The molecule has 5 aromatic rings. The summed E-state index contributed by atoms with van der Waals surface area (Å²) in [5.41, 5.74) is 3.52. The SMILES string of the molecule is Cn1c(=O)c2c(-c3ccccn3)c(Nc3ccccc3)oc2c2ccccc21. The second kappa shape index (κ2) is 6.39. The number of nitrogens with zero attached hydrogens (tertiary/aromatic N) is 2. The highest BCUT2D eigenvalue weighted by Crippen LogP contribution is 2.39. The Balaban J connectivity index is 1.90. The quantitative estimate of drug-likeness (QED) is 0.482. The van der Waals surface area contributed by atoms with E-state index in [0.717, 1.165) is 16.6 Å². The molecule has 0 radical (unpaired) electrons. The number of aromatic nitrogens is 2. The molecule has 0 aliphatic rings. The number of rotatable bonds is 3. The number of anilines is 2. The molecule has 0 fully saturated rings. The predicted octanol–water partition coefficient (Wildman–Crippen LogP) is 5.09. The van der Waals surface area contributed by atoms with Crippen LogP contribution in [0.3, 0.4) is 0 Å². The Labute approximate surface area is 160 Å². The van der Waals surface area contributed by atoms with E-state index >= 15 is 0 Å². The second-order valence-corrected chi connectivity index (χ2v) is 6.60. The third-order valence-corrected chi connectivity index (χ3v) is 4.89.